The van der Waals surface area contributed by atoms with Gasteiger partial charge in [0, 0.05) is 11.9 Å². The first-order valence-electron chi connectivity index (χ1n) is 4.99. The number of rotatable bonds is 3. The highest BCUT2D eigenvalue weighted by Crippen LogP contribution is 2.23. The normalized spacial score (nSPS) is 9.88. The van der Waals surface area contributed by atoms with Crippen LogP contribution in [0.25, 0.3) is 0 Å². The van der Waals surface area contributed by atoms with Gasteiger partial charge in [-0.05, 0) is 31.2 Å². The zero-order valence-corrected chi connectivity index (χ0v) is 9.27. The van der Waals surface area contributed by atoms with Crippen molar-refractivity contribution in [3.63, 3.8) is 0 Å². The van der Waals surface area contributed by atoms with Crippen LogP contribution in [-0.2, 0) is 0 Å². The Bertz CT molecular complexity index is 485. The number of methoxy groups -OCH3 is 1. The Balaban J connectivity index is 2.26. The quantitative estimate of drug-likeness (QED) is 0.854. The van der Waals surface area contributed by atoms with E-state index in [-0.39, 0.29) is 0 Å². The lowest BCUT2D eigenvalue weighted by Gasteiger charge is -2.08. The standard InChI is InChI=1S/C12H13N3O/c1-9-5-3-7-11(14-9)15-12-10(16-2)6-4-8-13-12/h3-8H,1-2H3,(H,13,14,15). The fourth-order valence-electron chi connectivity index (χ4n) is 1.38. The number of hydrogen-bond donors (Lipinski definition) is 1. The Morgan fingerprint density at radius 1 is 1.19 bits per heavy atom. The van der Waals surface area contributed by atoms with Crippen LogP contribution >= 0.6 is 0 Å². The van der Waals surface area contributed by atoms with Gasteiger partial charge in [-0.2, -0.15) is 0 Å². The van der Waals surface area contributed by atoms with Crippen LogP contribution in [0.2, 0.25) is 0 Å². The first-order valence-corrected chi connectivity index (χ1v) is 4.99. The molecule has 0 bridgehead atoms. The zero-order chi connectivity index (χ0) is 11.4. The molecule has 0 amide bonds. The minimum Gasteiger partial charge on any atom is -0.493 e. The minimum atomic E-state index is 0.670. The van der Waals surface area contributed by atoms with Crippen molar-refractivity contribution >= 4 is 11.6 Å². The van der Waals surface area contributed by atoms with Gasteiger partial charge in [-0.25, -0.2) is 9.97 Å². The maximum Gasteiger partial charge on any atom is 0.174 e. The van der Waals surface area contributed by atoms with E-state index in [0.717, 1.165) is 11.5 Å². The molecule has 16 heavy (non-hydrogen) atoms. The molecular formula is C12H13N3O. The predicted octanol–water partition coefficient (Wildman–Crippen LogP) is 2.54. The van der Waals surface area contributed by atoms with Crippen LogP contribution in [0.4, 0.5) is 11.6 Å². The van der Waals surface area contributed by atoms with Crippen LogP contribution < -0.4 is 10.1 Å². The Labute approximate surface area is 94.3 Å². The van der Waals surface area contributed by atoms with Crippen LogP contribution in [0.15, 0.2) is 36.5 Å². The second kappa shape index (κ2) is 4.61. The van der Waals surface area contributed by atoms with Crippen LogP contribution in [0.3, 0.4) is 0 Å². The largest absolute Gasteiger partial charge is 0.493 e. The lowest BCUT2D eigenvalue weighted by molar-refractivity contribution is 0.415. The number of nitrogens with zero attached hydrogens (tertiary/aromatic N) is 2. The molecule has 0 saturated heterocycles. The van der Waals surface area contributed by atoms with Gasteiger partial charge in [0.05, 0.1) is 7.11 Å². The van der Waals surface area contributed by atoms with Gasteiger partial charge in [-0.15, -0.1) is 0 Å². The molecule has 2 aromatic heterocycles. The number of ether oxygens (including phenoxy) is 1. The van der Waals surface area contributed by atoms with E-state index < -0.39 is 0 Å². The van der Waals surface area contributed by atoms with Crippen molar-refractivity contribution in [1.29, 1.82) is 0 Å². The van der Waals surface area contributed by atoms with Crippen LogP contribution in [0.1, 0.15) is 5.69 Å². The topological polar surface area (TPSA) is 47.0 Å². The average molecular weight is 215 g/mol. The fraction of sp³-hybridized carbons (Fsp3) is 0.167. The summed E-state index contributed by atoms with van der Waals surface area (Å²) in [4.78, 5) is 8.54. The lowest BCUT2D eigenvalue weighted by Crippen LogP contribution is -1.99. The molecular weight excluding hydrogens is 202 g/mol. The molecule has 2 aromatic rings. The zero-order valence-electron chi connectivity index (χ0n) is 9.27. The summed E-state index contributed by atoms with van der Waals surface area (Å²) in [6.45, 7) is 1.95. The molecule has 0 aliphatic rings. The van der Waals surface area contributed by atoms with Crippen molar-refractivity contribution in [3.05, 3.63) is 42.2 Å². The number of anilines is 2. The van der Waals surface area contributed by atoms with Gasteiger partial charge in [0.25, 0.3) is 0 Å². The molecule has 0 atom stereocenters. The monoisotopic (exact) mass is 215 g/mol. The third-order valence-corrected chi connectivity index (χ3v) is 2.13. The van der Waals surface area contributed by atoms with Gasteiger partial charge in [0.15, 0.2) is 11.6 Å². The van der Waals surface area contributed by atoms with Crippen molar-refractivity contribution in [1.82, 2.24) is 9.97 Å². The fourth-order valence-corrected chi connectivity index (χ4v) is 1.38. The lowest BCUT2D eigenvalue weighted by atomic mass is 10.3. The van der Waals surface area contributed by atoms with Gasteiger partial charge in [-0.1, -0.05) is 6.07 Å². The predicted molar refractivity (Wildman–Crippen MR) is 63.0 cm³/mol. The summed E-state index contributed by atoms with van der Waals surface area (Å²) >= 11 is 0. The van der Waals surface area contributed by atoms with E-state index in [1.54, 1.807) is 13.3 Å². The summed E-state index contributed by atoms with van der Waals surface area (Å²) < 4.78 is 5.19. The molecule has 0 aromatic carbocycles. The van der Waals surface area contributed by atoms with Crippen LogP contribution in [-0.4, -0.2) is 17.1 Å². The second-order valence-electron chi connectivity index (χ2n) is 3.34. The maximum absolute atomic E-state index is 5.19. The smallest absolute Gasteiger partial charge is 0.174 e. The number of pyridine rings is 2. The highest BCUT2D eigenvalue weighted by atomic mass is 16.5. The van der Waals surface area contributed by atoms with E-state index >= 15 is 0 Å². The Morgan fingerprint density at radius 2 is 2.06 bits per heavy atom. The molecule has 0 fully saturated rings. The Morgan fingerprint density at radius 3 is 2.81 bits per heavy atom. The molecule has 4 heteroatoms. The average Bonchev–Trinajstić information content (AvgIpc) is 2.30. The minimum absolute atomic E-state index is 0.670. The van der Waals surface area contributed by atoms with E-state index in [1.807, 2.05) is 37.3 Å². The van der Waals surface area contributed by atoms with Gasteiger partial charge < -0.3 is 10.1 Å². The summed E-state index contributed by atoms with van der Waals surface area (Å²) in [5, 5.41) is 3.12. The molecule has 0 aliphatic carbocycles. The summed E-state index contributed by atoms with van der Waals surface area (Å²) in [6.07, 6.45) is 1.71. The number of aromatic nitrogens is 2. The molecule has 1 N–H and O–H groups in total. The first-order chi connectivity index (χ1) is 7.79. The summed E-state index contributed by atoms with van der Waals surface area (Å²) in [6, 6.07) is 9.46. The van der Waals surface area contributed by atoms with E-state index in [1.165, 1.54) is 0 Å². The van der Waals surface area contributed by atoms with Crippen molar-refractivity contribution < 1.29 is 4.74 Å². The molecule has 0 unspecified atom stereocenters. The summed E-state index contributed by atoms with van der Waals surface area (Å²) in [5.74, 6) is 2.13. The highest BCUT2D eigenvalue weighted by Gasteiger charge is 2.03. The third kappa shape index (κ3) is 2.28. The molecule has 0 radical (unpaired) electrons. The van der Waals surface area contributed by atoms with E-state index in [9.17, 15) is 0 Å². The second-order valence-corrected chi connectivity index (χ2v) is 3.34. The molecule has 0 spiro atoms. The van der Waals surface area contributed by atoms with Gasteiger partial charge in [0.1, 0.15) is 5.82 Å². The van der Waals surface area contributed by atoms with Crippen molar-refractivity contribution in [2.45, 2.75) is 6.92 Å². The van der Waals surface area contributed by atoms with Gasteiger partial charge in [0.2, 0.25) is 0 Å². The van der Waals surface area contributed by atoms with Gasteiger partial charge >= 0.3 is 0 Å². The van der Waals surface area contributed by atoms with Crippen molar-refractivity contribution in [2.75, 3.05) is 12.4 Å². The maximum atomic E-state index is 5.19. The highest BCUT2D eigenvalue weighted by molar-refractivity contribution is 5.59. The third-order valence-electron chi connectivity index (χ3n) is 2.13. The summed E-state index contributed by atoms with van der Waals surface area (Å²) in [5.41, 5.74) is 0.958. The van der Waals surface area contributed by atoms with E-state index in [2.05, 4.69) is 15.3 Å². The Hall–Kier alpha value is -2.10. The Kier molecular flexibility index (Phi) is 3.00. The molecule has 2 heterocycles. The number of nitrogens with one attached hydrogen (secondary N) is 1. The molecule has 0 saturated carbocycles. The molecule has 0 aliphatic heterocycles. The SMILES string of the molecule is COc1cccnc1Nc1cccc(C)n1. The van der Waals surface area contributed by atoms with E-state index in [4.69, 9.17) is 4.74 Å². The first kappa shape index (κ1) is 10.4. The summed E-state index contributed by atoms with van der Waals surface area (Å²) in [7, 11) is 1.62. The van der Waals surface area contributed by atoms with E-state index in [0.29, 0.717) is 11.6 Å². The van der Waals surface area contributed by atoms with Gasteiger partial charge in [-0.3, -0.25) is 0 Å². The van der Waals surface area contributed by atoms with Crippen LogP contribution in [0, 0.1) is 6.92 Å². The van der Waals surface area contributed by atoms with Crippen molar-refractivity contribution in [2.24, 2.45) is 0 Å². The number of hydrogen-bond acceptors (Lipinski definition) is 4. The molecule has 4 nitrogen and oxygen atoms in total. The number of aryl methyl sites for hydroxylation is 1. The van der Waals surface area contributed by atoms with Crippen molar-refractivity contribution in [3.8, 4) is 5.75 Å². The molecule has 82 valence electrons. The van der Waals surface area contributed by atoms with Crippen LogP contribution in [0.5, 0.6) is 5.75 Å². The molecule has 2 rings (SSSR count).